The van der Waals surface area contributed by atoms with Crippen molar-refractivity contribution >= 4 is 41.7 Å². The second-order valence-corrected chi connectivity index (χ2v) is 10.0. The summed E-state index contributed by atoms with van der Waals surface area (Å²) in [7, 11) is 1.49. The molecule has 0 N–H and O–H groups in total. The van der Waals surface area contributed by atoms with Crippen LogP contribution in [0, 0.1) is 0 Å². The van der Waals surface area contributed by atoms with Crippen LogP contribution in [0.15, 0.2) is 47.6 Å². The molecule has 226 valence electrons. The smallest absolute Gasteiger partial charge is 0.303 e. The van der Waals surface area contributed by atoms with Crippen LogP contribution in [0.4, 0.5) is 0 Å². The Bertz CT molecular complexity index is 1300. The zero-order valence-corrected chi connectivity index (χ0v) is 24.8. The Morgan fingerprint density at radius 1 is 0.833 bits per heavy atom. The highest BCUT2D eigenvalue weighted by Gasteiger charge is 2.52. The normalized spacial score (nSPS) is 21.8. The van der Waals surface area contributed by atoms with Gasteiger partial charge < -0.3 is 28.5 Å². The minimum Gasteiger partial charge on any atom is -0.463 e. The number of hydrogen-bond acceptors (Lipinski definition) is 11. The van der Waals surface area contributed by atoms with E-state index in [0.29, 0.717) is 23.4 Å². The van der Waals surface area contributed by atoms with E-state index >= 15 is 0 Å². The second kappa shape index (κ2) is 15.3. The lowest BCUT2D eigenvalue weighted by molar-refractivity contribution is -0.254. The second-order valence-electron chi connectivity index (χ2n) is 9.64. The Balaban J connectivity index is 1.99. The summed E-state index contributed by atoms with van der Waals surface area (Å²) in [4.78, 5) is 52.6. The molecule has 2 aromatic rings. The van der Waals surface area contributed by atoms with Gasteiger partial charge in [-0.1, -0.05) is 53.2 Å². The van der Waals surface area contributed by atoms with Crippen LogP contribution in [0.2, 0.25) is 5.02 Å². The summed E-state index contributed by atoms with van der Waals surface area (Å²) in [6.45, 7) is 4.46. The Kier molecular flexibility index (Phi) is 11.9. The van der Waals surface area contributed by atoms with Crippen molar-refractivity contribution in [2.45, 2.75) is 71.1 Å². The first-order chi connectivity index (χ1) is 20.0. The van der Waals surface area contributed by atoms with Gasteiger partial charge in [0.15, 0.2) is 18.3 Å². The third kappa shape index (κ3) is 9.28. The third-order valence-electron chi connectivity index (χ3n) is 6.31. The fraction of sp³-hybridized carbons (Fsp3) is 0.433. The topological polar surface area (TPSA) is 136 Å². The predicted molar refractivity (Wildman–Crippen MR) is 151 cm³/mol. The first-order valence-corrected chi connectivity index (χ1v) is 13.6. The van der Waals surface area contributed by atoms with Gasteiger partial charge >= 0.3 is 23.9 Å². The van der Waals surface area contributed by atoms with Gasteiger partial charge in [-0.3, -0.25) is 19.2 Å². The number of esters is 4. The molecule has 1 aliphatic rings. The van der Waals surface area contributed by atoms with Crippen LogP contribution in [0.3, 0.4) is 0 Å². The van der Waals surface area contributed by atoms with Crippen LogP contribution in [0.25, 0.3) is 0 Å². The minimum absolute atomic E-state index is 0.309. The quantitative estimate of drug-likeness (QED) is 0.161. The van der Waals surface area contributed by atoms with E-state index in [1.165, 1.54) is 34.8 Å². The molecule has 0 amide bonds. The molecule has 3 rings (SSSR count). The molecule has 0 spiro atoms. The number of rotatable bonds is 11. The van der Waals surface area contributed by atoms with Gasteiger partial charge in [0.2, 0.25) is 0 Å². The van der Waals surface area contributed by atoms with Crippen LogP contribution in [-0.2, 0) is 60.5 Å². The summed E-state index contributed by atoms with van der Waals surface area (Å²) in [6.07, 6.45) is -2.98. The Morgan fingerprint density at radius 3 is 2.02 bits per heavy atom. The van der Waals surface area contributed by atoms with Crippen molar-refractivity contribution in [2.75, 3.05) is 13.7 Å². The summed E-state index contributed by atoms with van der Waals surface area (Å²) < 4.78 is 28.1. The zero-order chi connectivity index (χ0) is 30.8. The Morgan fingerprint density at radius 2 is 1.43 bits per heavy atom. The van der Waals surface area contributed by atoms with Crippen molar-refractivity contribution in [2.24, 2.45) is 5.16 Å². The molecule has 1 saturated heterocycles. The average Bonchev–Trinajstić information content (AvgIpc) is 2.91. The number of benzene rings is 2. The molecule has 0 aromatic heterocycles. The van der Waals surface area contributed by atoms with Gasteiger partial charge in [-0.15, -0.1) is 0 Å². The molecule has 2 aromatic carbocycles. The Hall–Kier alpha value is -3.96. The summed E-state index contributed by atoms with van der Waals surface area (Å²) in [5, 5.41) is 4.25. The van der Waals surface area contributed by atoms with Gasteiger partial charge in [0.05, 0.1) is 0 Å². The molecule has 12 heteroatoms. The highest BCUT2D eigenvalue weighted by Crippen LogP contribution is 2.39. The maximum atomic E-state index is 12.2. The molecule has 1 heterocycles. The van der Waals surface area contributed by atoms with Gasteiger partial charge in [-0.05, 0) is 34.7 Å². The fourth-order valence-electron chi connectivity index (χ4n) is 4.63. The van der Waals surface area contributed by atoms with E-state index < -0.39 is 54.4 Å². The van der Waals surface area contributed by atoms with Crippen LogP contribution in [-0.4, -0.2) is 68.2 Å². The predicted octanol–water partition coefficient (Wildman–Crippen LogP) is 3.90. The number of ether oxygens (including phenoxy) is 5. The van der Waals surface area contributed by atoms with Gasteiger partial charge in [0, 0.05) is 45.4 Å². The largest absolute Gasteiger partial charge is 0.463 e. The average molecular weight is 604 g/mol. The van der Waals surface area contributed by atoms with E-state index in [1.54, 1.807) is 18.3 Å². The molecular weight excluding hydrogens is 570 g/mol. The maximum Gasteiger partial charge on any atom is 0.303 e. The first-order valence-electron chi connectivity index (χ1n) is 13.2. The molecule has 0 radical (unpaired) electrons. The lowest BCUT2D eigenvalue weighted by Crippen LogP contribution is -2.59. The van der Waals surface area contributed by atoms with Crippen LogP contribution in [0.5, 0.6) is 0 Å². The van der Waals surface area contributed by atoms with E-state index in [-0.39, 0.29) is 6.61 Å². The number of halogens is 1. The molecule has 5 atom stereocenters. The van der Waals surface area contributed by atoms with Crippen molar-refractivity contribution in [3.8, 4) is 0 Å². The van der Waals surface area contributed by atoms with Crippen LogP contribution in [0.1, 0.15) is 56.1 Å². The summed E-state index contributed by atoms with van der Waals surface area (Å²) in [5.74, 6) is -2.65. The number of carbonyl (C=O) groups is 4. The molecule has 1 aliphatic heterocycles. The van der Waals surface area contributed by atoms with E-state index in [0.717, 1.165) is 16.7 Å². The highest BCUT2D eigenvalue weighted by atomic mass is 35.5. The van der Waals surface area contributed by atoms with Crippen LogP contribution >= 0.6 is 11.6 Å². The van der Waals surface area contributed by atoms with Gasteiger partial charge in [-0.25, -0.2) is 0 Å². The SMILES string of the molecule is CO/N=C/Cc1ccc(Cc2cc([C@@H]3O[C@H](COC(C)=O)[C@@H](OC(C)=O)[C@H](OC(C)=O)[C@H]3OC(C)=O)ccc2Cl)cc1. The van der Waals surface area contributed by atoms with Crippen molar-refractivity contribution in [3.05, 3.63) is 69.7 Å². The molecular formula is C30H34ClNO10. The lowest BCUT2D eigenvalue weighted by atomic mass is 9.89. The number of oxime groups is 1. The summed E-state index contributed by atoms with van der Waals surface area (Å²) in [6, 6.07) is 13.1. The molecule has 42 heavy (non-hydrogen) atoms. The number of carbonyl (C=O) groups excluding carboxylic acids is 4. The summed E-state index contributed by atoms with van der Waals surface area (Å²) in [5.41, 5.74) is 3.36. The molecule has 0 unspecified atom stereocenters. The molecule has 0 saturated carbocycles. The third-order valence-corrected chi connectivity index (χ3v) is 6.68. The monoisotopic (exact) mass is 603 g/mol. The lowest BCUT2D eigenvalue weighted by Gasteiger charge is -2.44. The number of hydrogen-bond donors (Lipinski definition) is 0. The van der Waals surface area contributed by atoms with E-state index in [1.807, 2.05) is 30.3 Å². The highest BCUT2D eigenvalue weighted by molar-refractivity contribution is 6.31. The summed E-state index contributed by atoms with van der Waals surface area (Å²) >= 11 is 6.57. The van der Waals surface area contributed by atoms with Gasteiger partial charge in [-0.2, -0.15) is 0 Å². The van der Waals surface area contributed by atoms with Crippen molar-refractivity contribution in [1.29, 1.82) is 0 Å². The van der Waals surface area contributed by atoms with E-state index in [2.05, 4.69) is 5.16 Å². The van der Waals surface area contributed by atoms with Crippen molar-refractivity contribution in [3.63, 3.8) is 0 Å². The molecule has 1 fully saturated rings. The van der Waals surface area contributed by atoms with Crippen molar-refractivity contribution < 1.29 is 47.7 Å². The fourth-order valence-corrected chi connectivity index (χ4v) is 4.82. The maximum absolute atomic E-state index is 12.2. The standard InChI is InChI=1S/C30H34ClNO10/c1-17(33)38-16-26-28(39-18(2)34)30(41-20(4)36)29(40-19(3)35)27(42-26)23-10-11-25(31)24(15-23)14-22-8-6-21(7-9-22)12-13-32-37-5/h6-11,13,15,26-30H,12,14,16H2,1-5H3/b32-13+/t26-,27+,28-,29+,30+/m1/s1. The van der Waals surface area contributed by atoms with Crippen LogP contribution < -0.4 is 0 Å². The molecule has 0 aliphatic carbocycles. The minimum atomic E-state index is -1.26. The molecule has 11 nitrogen and oxygen atoms in total. The molecule has 0 bridgehead atoms. The van der Waals surface area contributed by atoms with E-state index in [4.69, 9.17) is 40.1 Å². The van der Waals surface area contributed by atoms with E-state index in [9.17, 15) is 19.2 Å². The first kappa shape index (κ1) is 32.6. The zero-order valence-electron chi connectivity index (χ0n) is 24.0. The van der Waals surface area contributed by atoms with Gasteiger partial charge in [0.25, 0.3) is 0 Å². The van der Waals surface area contributed by atoms with Gasteiger partial charge in [0.1, 0.15) is 25.9 Å². The number of nitrogens with zero attached hydrogens (tertiary/aromatic N) is 1. The Labute approximate surface area is 249 Å². The van der Waals surface area contributed by atoms with Crippen molar-refractivity contribution in [1.82, 2.24) is 0 Å².